The summed E-state index contributed by atoms with van der Waals surface area (Å²) in [5.41, 5.74) is 15.0. The molecule has 5 unspecified atom stereocenters. The molecule has 0 spiro atoms. The summed E-state index contributed by atoms with van der Waals surface area (Å²) in [7, 11) is 0. The number of hydrogen-bond acceptors (Lipinski definition) is 2. The van der Waals surface area contributed by atoms with Crippen molar-refractivity contribution >= 4 is 29.4 Å². The van der Waals surface area contributed by atoms with Gasteiger partial charge in [0, 0.05) is 22.7 Å². The van der Waals surface area contributed by atoms with E-state index in [1.54, 1.807) is 0 Å². The van der Waals surface area contributed by atoms with Crippen molar-refractivity contribution in [3.8, 4) is 11.1 Å². The normalized spacial score (nSPS) is 22.4. The standard InChI is InChI=1S/C60H50N4/c1-39-30-31-45(59-62-57(43-21-9-4-10-22-43)61-58(63-59)44-34-32-42(33-35-44)41-19-7-3-8-20-41)38-53(39)64-52-29-17-18-40(2)54(52)50-37-36-49-48-27-15-16-28-51(48)60(55(49)56(50)64,46-23-11-5-12-24-46)47-25-13-6-14-26-47/h3-17,19-35,37-40,49,53,57H,18,36H2,1-2H3,(H,61,62,63)/p+1. The maximum absolute atomic E-state index is 5.45. The van der Waals surface area contributed by atoms with Crippen LogP contribution in [-0.4, -0.2) is 16.2 Å². The number of hydrogen-bond donors (Lipinski definition) is 2. The van der Waals surface area contributed by atoms with Crippen molar-refractivity contribution in [2.24, 2.45) is 10.9 Å². The number of amidine groups is 2. The first-order valence-electron chi connectivity index (χ1n) is 23.0. The van der Waals surface area contributed by atoms with Crippen molar-refractivity contribution in [3.63, 3.8) is 0 Å². The van der Waals surface area contributed by atoms with Gasteiger partial charge < -0.3 is 4.57 Å². The predicted octanol–water partition coefficient (Wildman–Crippen LogP) is 10.0. The highest BCUT2D eigenvalue weighted by Crippen LogP contribution is 2.59. The second kappa shape index (κ2) is 15.5. The van der Waals surface area contributed by atoms with Gasteiger partial charge in [-0.1, -0.05) is 196 Å². The fraction of sp³-hybridized carbons (Fsp3) is 0.167. The van der Waals surface area contributed by atoms with Crippen LogP contribution in [0.1, 0.15) is 95.4 Å². The van der Waals surface area contributed by atoms with Crippen LogP contribution in [0.15, 0.2) is 205 Å². The predicted molar refractivity (Wildman–Crippen MR) is 262 cm³/mol. The number of aromatic nitrogens is 1. The van der Waals surface area contributed by atoms with Crippen molar-refractivity contribution < 1.29 is 4.99 Å². The van der Waals surface area contributed by atoms with Gasteiger partial charge in [-0.3, -0.25) is 0 Å². The largest absolute Gasteiger partial charge is 0.333 e. The van der Waals surface area contributed by atoms with E-state index >= 15 is 0 Å². The molecule has 5 aliphatic rings. The van der Waals surface area contributed by atoms with Gasteiger partial charge in [0.2, 0.25) is 12.0 Å². The fourth-order valence-electron chi connectivity index (χ4n) is 11.6. The van der Waals surface area contributed by atoms with Crippen molar-refractivity contribution in [1.29, 1.82) is 0 Å². The first-order chi connectivity index (χ1) is 31.6. The summed E-state index contributed by atoms with van der Waals surface area (Å²) in [6, 6.07) is 62.0. The molecule has 2 heterocycles. The molecule has 12 rings (SSSR count). The minimum atomic E-state index is -0.470. The van der Waals surface area contributed by atoms with E-state index in [1.807, 2.05) is 0 Å². The molecule has 0 saturated carbocycles. The van der Waals surface area contributed by atoms with Crippen molar-refractivity contribution in [1.82, 2.24) is 9.88 Å². The zero-order valence-corrected chi connectivity index (χ0v) is 36.3. The number of rotatable bonds is 7. The van der Waals surface area contributed by atoms with Crippen LogP contribution in [0.4, 0.5) is 0 Å². The first-order valence-corrected chi connectivity index (χ1v) is 23.0. The zero-order valence-electron chi connectivity index (χ0n) is 36.3. The number of nitrogens with one attached hydrogen (secondary N) is 2. The summed E-state index contributed by atoms with van der Waals surface area (Å²) in [4.78, 5) is 9.21. The van der Waals surface area contributed by atoms with Crippen LogP contribution in [-0.2, 0) is 5.41 Å². The molecule has 5 atom stereocenters. The summed E-state index contributed by atoms with van der Waals surface area (Å²) >= 11 is 0. The highest BCUT2D eigenvalue weighted by atomic mass is 15.2. The monoisotopic (exact) mass is 827 g/mol. The maximum Gasteiger partial charge on any atom is 0.283 e. The van der Waals surface area contributed by atoms with E-state index in [0.29, 0.717) is 5.92 Å². The van der Waals surface area contributed by atoms with Gasteiger partial charge in [-0.25, -0.2) is 10.3 Å². The molecule has 0 saturated heterocycles. The van der Waals surface area contributed by atoms with Gasteiger partial charge in [0.15, 0.2) is 0 Å². The summed E-state index contributed by atoms with van der Waals surface area (Å²) in [5.74, 6) is 2.69. The third-order valence-corrected chi connectivity index (χ3v) is 14.5. The Kier molecular flexibility index (Phi) is 9.29. The molecule has 64 heavy (non-hydrogen) atoms. The Morgan fingerprint density at radius 1 is 0.656 bits per heavy atom. The van der Waals surface area contributed by atoms with Crippen LogP contribution >= 0.6 is 0 Å². The smallest absolute Gasteiger partial charge is 0.283 e. The third kappa shape index (κ3) is 6.03. The Bertz CT molecular complexity index is 3170. The molecule has 4 aliphatic carbocycles. The van der Waals surface area contributed by atoms with E-state index in [9.17, 15) is 0 Å². The van der Waals surface area contributed by atoms with Crippen LogP contribution in [0, 0.1) is 5.92 Å². The van der Waals surface area contributed by atoms with Crippen molar-refractivity contribution in [3.05, 3.63) is 255 Å². The molecule has 4 nitrogen and oxygen atoms in total. The van der Waals surface area contributed by atoms with Crippen LogP contribution in [0.25, 0.3) is 28.9 Å². The number of benzene rings is 6. The highest BCUT2D eigenvalue weighted by molar-refractivity contribution is 6.14. The summed E-state index contributed by atoms with van der Waals surface area (Å²) in [6.07, 6.45) is 16.4. The summed E-state index contributed by atoms with van der Waals surface area (Å²) in [5, 5.41) is 6.63. The quantitative estimate of drug-likeness (QED) is 0.165. The Hall–Kier alpha value is -7.30. The molecular weight excluding hydrogens is 777 g/mol. The van der Waals surface area contributed by atoms with Gasteiger partial charge in [-0.15, -0.1) is 0 Å². The van der Waals surface area contributed by atoms with Gasteiger partial charge in [-0.05, 0) is 98.7 Å². The SMILES string of the molecule is CC1CC=Cc2c1c1c(n2C2C=C(C3=NC(c4ccccc4)[NH+]=C(c4ccc(-c5ccccc5)cc4)N3)C=CC2C)=C2C(CC=1)c1ccccc1C2(c1ccccc1)c1ccccc1. The number of allylic oxidation sites excluding steroid dienone is 3. The van der Waals surface area contributed by atoms with Gasteiger partial charge in [-0.2, -0.15) is 4.99 Å². The number of aliphatic imine (C=N–C) groups is 1. The zero-order chi connectivity index (χ0) is 42.8. The maximum atomic E-state index is 5.45. The summed E-state index contributed by atoms with van der Waals surface area (Å²) < 4.78 is 2.76. The van der Waals surface area contributed by atoms with E-state index in [4.69, 9.17) is 4.99 Å². The lowest BCUT2D eigenvalue weighted by Gasteiger charge is -2.37. The molecule has 4 heteroatoms. The molecule has 6 aromatic carbocycles. The lowest BCUT2D eigenvalue weighted by atomic mass is 9.66. The molecule has 0 amide bonds. The highest BCUT2D eigenvalue weighted by Gasteiger charge is 2.52. The third-order valence-electron chi connectivity index (χ3n) is 14.5. The average molecular weight is 828 g/mol. The minimum absolute atomic E-state index is 0.0308. The molecule has 1 aromatic heterocycles. The van der Waals surface area contributed by atoms with Crippen LogP contribution in [0.2, 0.25) is 0 Å². The molecule has 0 radical (unpaired) electrons. The van der Waals surface area contributed by atoms with E-state index in [2.05, 4.69) is 235 Å². The van der Waals surface area contributed by atoms with E-state index in [-0.39, 0.29) is 24.0 Å². The van der Waals surface area contributed by atoms with E-state index in [1.165, 1.54) is 60.8 Å². The van der Waals surface area contributed by atoms with Crippen LogP contribution in [0.3, 0.4) is 0 Å². The minimum Gasteiger partial charge on any atom is -0.333 e. The van der Waals surface area contributed by atoms with Gasteiger partial charge >= 0.3 is 0 Å². The number of nitrogens with zero attached hydrogens (tertiary/aromatic N) is 2. The van der Waals surface area contributed by atoms with Gasteiger partial charge in [0.05, 0.1) is 22.4 Å². The molecule has 310 valence electrons. The number of fused-ring (bicyclic) bond motifs is 6. The van der Waals surface area contributed by atoms with Crippen LogP contribution < -0.4 is 20.9 Å². The Morgan fingerprint density at radius 3 is 2.00 bits per heavy atom. The fourth-order valence-corrected chi connectivity index (χ4v) is 11.6. The second-order valence-corrected chi connectivity index (χ2v) is 18.2. The molecular formula is C60H51N4+. The lowest BCUT2D eigenvalue weighted by Crippen LogP contribution is -2.80. The Morgan fingerprint density at radius 2 is 1.28 bits per heavy atom. The Balaban J connectivity index is 1.07. The van der Waals surface area contributed by atoms with Crippen molar-refractivity contribution in [2.75, 3.05) is 0 Å². The second-order valence-electron chi connectivity index (χ2n) is 18.2. The Labute approximate surface area is 375 Å². The van der Waals surface area contributed by atoms with Crippen molar-refractivity contribution in [2.45, 2.75) is 56.1 Å². The lowest BCUT2D eigenvalue weighted by molar-refractivity contribution is -0.510. The van der Waals surface area contributed by atoms with E-state index < -0.39 is 5.41 Å². The molecule has 7 aromatic rings. The molecule has 2 N–H and O–H groups in total. The summed E-state index contributed by atoms with van der Waals surface area (Å²) in [6.45, 7) is 4.81. The van der Waals surface area contributed by atoms with Gasteiger partial charge in [0.1, 0.15) is 0 Å². The molecule has 0 bridgehead atoms. The topological polar surface area (TPSA) is 43.3 Å². The van der Waals surface area contributed by atoms with Gasteiger partial charge in [0.25, 0.3) is 5.84 Å². The average Bonchev–Trinajstić information content (AvgIpc) is 3.87. The van der Waals surface area contributed by atoms with Crippen LogP contribution in [0.5, 0.6) is 0 Å². The molecule has 1 aliphatic heterocycles. The van der Waals surface area contributed by atoms with E-state index in [0.717, 1.165) is 41.2 Å². The molecule has 0 fully saturated rings. The first kappa shape index (κ1) is 38.4.